The minimum Gasteiger partial charge on any atom is -0.490 e. The van der Waals surface area contributed by atoms with Gasteiger partial charge in [-0.05, 0) is 25.3 Å². The van der Waals surface area contributed by atoms with Crippen LogP contribution in [0.1, 0.15) is 24.8 Å². The molecule has 0 saturated heterocycles. The average Bonchev–Trinajstić information content (AvgIpc) is 2.99. The Morgan fingerprint density at radius 1 is 1.23 bits per heavy atom. The first-order valence-electron chi connectivity index (χ1n) is 7.52. The van der Waals surface area contributed by atoms with Gasteiger partial charge in [0.05, 0.1) is 17.7 Å². The summed E-state index contributed by atoms with van der Waals surface area (Å²) < 4.78 is 6.05. The van der Waals surface area contributed by atoms with Gasteiger partial charge in [0.2, 0.25) is 0 Å². The van der Waals surface area contributed by atoms with Gasteiger partial charge in [-0.1, -0.05) is 18.2 Å². The number of ether oxygens (including phenoxy) is 1. The molecule has 3 aromatic rings. The van der Waals surface area contributed by atoms with Crippen LogP contribution in [0.3, 0.4) is 0 Å². The van der Waals surface area contributed by atoms with Crippen LogP contribution in [-0.4, -0.2) is 26.3 Å². The third-order valence-corrected chi connectivity index (χ3v) is 4.01. The standard InChI is InChI=1S/C16H17N5O/c1-2-7-14(22-12-5-3-6-12)11(4-1)8-17-15-13-9-20-21-16(13)19-10-18-15/h1-2,4,7,9-10,12H,3,5-6,8H2,(H2,17,18,19,20,21). The molecule has 0 radical (unpaired) electrons. The molecule has 0 aliphatic heterocycles. The quantitative estimate of drug-likeness (QED) is 0.757. The molecule has 6 heteroatoms. The van der Waals surface area contributed by atoms with E-state index in [-0.39, 0.29) is 0 Å². The van der Waals surface area contributed by atoms with Crippen molar-refractivity contribution in [2.45, 2.75) is 31.9 Å². The van der Waals surface area contributed by atoms with Crippen LogP contribution in [0, 0.1) is 0 Å². The molecule has 2 heterocycles. The Morgan fingerprint density at radius 2 is 2.14 bits per heavy atom. The maximum Gasteiger partial charge on any atom is 0.160 e. The summed E-state index contributed by atoms with van der Waals surface area (Å²) in [6.45, 7) is 0.653. The summed E-state index contributed by atoms with van der Waals surface area (Å²) in [6, 6.07) is 8.14. The van der Waals surface area contributed by atoms with E-state index < -0.39 is 0 Å². The van der Waals surface area contributed by atoms with Crippen molar-refractivity contribution in [2.24, 2.45) is 0 Å². The molecule has 1 aromatic carbocycles. The molecule has 0 atom stereocenters. The highest BCUT2D eigenvalue weighted by molar-refractivity contribution is 5.85. The number of fused-ring (bicyclic) bond motifs is 1. The van der Waals surface area contributed by atoms with Gasteiger partial charge in [-0.2, -0.15) is 5.10 Å². The fourth-order valence-corrected chi connectivity index (χ4v) is 2.52. The van der Waals surface area contributed by atoms with Gasteiger partial charge in [-0.25, -0.2) is 9.97 Å². The zero-order chi connectivity index (χ0) is 14.8. The molecule has 112 valence electrons. The maximum atomic E-state index is 6.05. The normalized spacial score (nSPS) is 14.7. The van der Waals surface area contributed by atoms with Crippen LogP contribution in [0.25, 0.3) is 11.0 Å². The van der Waals surface area contributed by atoms with Crippen LogP contribution in [0.4, 0.5) is 5.82 Å². The second kappa shape index (κ2) is 5.63. The van der Waals surface area contributed by atoms with Crippen molar-refractivity contribution in [2.75, 3.05) is 5.32 Å². The fourth-order valence-electron chi connectivity index (χ4n) is 2.52. The van der Waals surface area contributed by atoms with Gasteiger partial charge in [-0.15, -0.1) is 0 Å². The molecule has 6 nitrogen and oxygen atoms in total. The van der Waals surface area contributed by atoms with Crippen LogP contribution >= 0.6 is 0 Å². The minimum absolute atomic E-state index is 0.376. The lowest BCUT2D eigenvalue weighted by Gasteiger charge is -2.27. The third kappa shape index (κ3) is 2.47. The zero-order valence-corrected chi connectivity index (χ0v) is 12.1. The first-order chi connectivity index (χ1) is 10.9. The second-order valence-corrected chi connectivity index (χ2v) is 5.49. The SMILES string of the molecule is c1ccc(OC2CCC2)c(CNc2ncnc3[nH]ncc23)c1. The van der Waals surface area contributed by atoms with Crippen molar-refractivity contribution in [3.05, 3.63) is 42.4 Å². The minimum atomic E-state index is 0.376. The van der Waals surface area contributed by atoms with Crippen LogP contribution in [0.15, 0.2) is 36.8 Å². The molecular formula is C16H17N5O. The summed E-state index contributed by atoms with van der Waals surface area (Å²) in [5.74, 6) is 1.73. The highest BCUT2D eigenvalue weighted by Crippen LogP contribution is 2.28. The van der Waals surface area contributed by atoms with Crippen LogP contribution in [-0.2, 0) is 6.54 Å². The molecule has 22 heavy (non-hydrogen) atoms. The highest BCUT2D eigenvalue weighted by Gasteiger charge is 2.20. The van der Waals surface area contributed by atoms with E-state index >= 15 is 0 Å². The number of benzene rings is 1. The van der Waals surface area contributed by atoms with E-state index in [1.54, 1.807) is 6.20 Å². The van der Waals surface area contributed by atoms with Gasteiger partial charge in [0.25, 0.3) is 0 Å². The lowest BCUT2D eigenvalue weighted by atomic mass is 9.96. The number of nitrogens with one attached hydrogen (secondary N) is 2. The van der Waals surface area contributed by atoms with Gasteiger partial charge < -0.3 is 10.1 Å². The predicted molar refractivity (Wildman–Crippen MR) is 83.7 cm³/mol. The first-order valence-corrected chi connectivity index (χ1v) is 7.52. The molecule has 0 amide bonds. The lowest BCUT2D eigenvalue weighted by molar-refractivity contribution is 0.119. The Morgan fingerprint density at radius 3 is 3.00 bits per heavy atom. The van der Waals surface area contributed by atoms with Crippen LogP contribution in [0.2, 0.25) is 0 Å². The fraction of sp³-hybridized carbons (Fsp3) is 0.312. The summed E-state index contributed by atoms with van der Waals surface area (Å²) in [4.78, 5) is 8.43. The Hall–Kier alpha value is -2.63. The number of rotatable bonds is 5. The molecule has 2 aromatic heterocycles. The Kier molecular flexibility index (Phi) is 3.34. The number of H-pyrrole nitrogens is 1. The third-order valence-electron chi connectivity index (χ3n) is 4.01. The first kappa shape index (κ1) is 13.1. The van der Waals surface area contributed by atoms with E-state index in [1.807, 2.05) is 18.2 Å². The van der Waals surface area contributed by atoms with E-state index in [1.165, 1.54) is 12.7 Å². The second-order valence-electron chi connectivity index (χ2n) is 5.49. The number of aromatic amines is 1. The number of aromatic nitrogens is 4. The summed E-state index contributed by atoms with van der Waals surface area (Å²) >= 11 is 0. The topological polar surface area (TPSA) is 75.7 Å². The molecule has 1 saturated carbocycles. The molecule has 4 rings (SSSR count). The Bertz CT molecular complexity index is 781. The zero-order valence-electron chi connectivity index (χ0n) is 12.1. The lowest BCUT2D eigenvalue weighted by Crippen LogP contribution is -2.25. The molecule has 0 unspecified atom stereocenters. The number of anilines is 1. The van der Waals surface area contributed by atoms with E-state index in [9.17, 15) is 0 Å². The smallest absolute Gasteiger partial charge is 0.160 e. The molecule has 2 N–H and O–H groups in total. The monoisotopic (exact) mass is 295 g/mol. The van der Waals surface area contributed by atoms with Crippen LogP contribution < -0.4 is 10.1 Å². The molecule has 1 fully saturated rings. The van der Waals surface area contributed by atoms with Crippen molar-refractivity contribution in [1.29, 1.82) is 0 Å². The van der Waals surface area contributed by atoms with Gasteiger partial charge in [-0.3, -0.25) is 5.10 Å². The summed E-state index contributed by atoms with van der Waals surface area (Å²) in [7, 11) is 0. The average molecular weight is 295 g/mol. The maximum absolute atomic E-state index is 6.05. The van der Waals surface area contributed by atoms with Gasteiger partial charge in [0.1, 0.15) is 17.9 Å². The van der Waals surface area contributed by atoms with Crippen molar-refractivity contribution < 1.29 is 4.74 Å². The van der Waals surface area contributed by atoms with Gasteiger partial charge >= 0.3 is 0 Å². The van der Waals surface area contributed by atoms with Crippen molar-refractivity contribution in [3.63, 3.8) is 0 Å². The van der Waals surface area contributed by atoms with Crippen molar-refractivity contribution in [3.8, 4) is 5.75 Å². The number of para-hydroxylation sites is 1. The van der Waals surface area contributed by atoms with Crippen molar-refractivity contribution in [1.82, 2.24) is 20.2 Å². The molecule has 0 bridgehead atoms. The molecule has 1 aliphatic rings. The van der Waals surface area contributed by atoms with Crippen LogP contribution in [0.5, 0.6) is 5.75 Å². The molecule has 1 aliphatic carbocycles. The van der Waals surface area contributed by atoms with E-state index in [0.717, 1.165) is 41.0 Å². The largest absolute Gasteiger partial charge is 0.490 e. The van der Waals surface area contributed by atoms with Crippen molar-refractivity contribution >= 4 is 16.9 Å². The van der Waals surface area contributed by atoms with E-state index in [4.69, 9.17) is 4.74 Å². The summed E-state index contributed by atoms with van der Waals surface area (Å²) in [5.41, 5.74) is 1.86. The molecule has 0 spiro atoms. The van der Waals surface area contributed by atoms with Gasteiger partial charge in [0, 0.05) is 12.1 Å². The Labute approximate surface area is 127 Å². The number of hydrogen-bond donors (Lipinski definition) is 2. The predicted octanol–water partition coefficient (Wildman–Crippen LogP) is 2.90. The summed E-state index contributed by atoms with van der Waals surface area (Å²) in [6.07, 6.45) is 7.21. The molecular weight excluding hydrogens is 278 g/mol. The Balaban J connectivity index is 1.52. The van der Waals surface area contributed by atoms with E-state index in [2.05, 4.69) is 31.5 Å². The van der Waals surface area contributed by atoms with Gasteiger partial charge in [0.15, 0.2) is 5.65 Å². The highest BCUT2D eigenvalue weighted by atomic mass is 16.5. The van der Waals surface area contributed by atoms with E-state index in [0.29, 0.717) is 12.6 Å². The number of hydrogen-bond acceptors (Lipinski definition) is 5. The summed E-state index contributed by atoms with van der Waals surface area (Å²) in [5, 5.41) is 11.1. The number of nitrogens with zero attached hydrogens (tertiary/aromatic N) is 3.